The molecule has 29 heavy (non-hydrogen) atoms. The molecule has 0 saturated carbocycles. The van der Waals surface area contributed by atoms with Crippen molar-refractivity contribution in [2.24, 2.45) is 0 Å². The van der Waals surface area contributed by atoms with Crippen LogP contribution in [0.3, 0.4) is 0 Å². The lowest BCUT2D eigenvalue weighted by Crippen LogP contribution is -2.36. The minimum atomic E-state index is -3.40. The van der Waals surface area contributed by atoms with E-state index in [1.807, 2.05) is 37.2 Å². The number of hydrogen-bond donors (Lipinski definition) is 0. The molecule has 0 aliphatic rings. The Bertz CT molecular complexity index is 1140. The highest BCUT2D eigenvalue weighted by molar-refractivity contribution is 7.90. The maximum absolute atomic E-state index is 13.3. The molecule has 1 heterocycles. The number of aromatic nitrogens is 1. The highest BCUT2D eigenvalue weighted by Crippen LogP contribution is 2.32. The standard InChI is InChI=1S/C21H25N3O3S2/c1-5-15-8-7-11-18-19(15)22-21(28-18)24(13-12-23(2)3)20(25)16-9-6-10-17(14-16)29(4,26)27/h6-11,14H,5,12-13H2,1-4H3. The summed E-state index contributed by atoms with van der Waals surface area (Å²) in [6.07, 6.45) is 2.00. The molecule has 0 unspecified atom stereocenters. The van der Waals surface area contributed by atoms with Gasteiger partial charge in [-0.15, -0.1) is 0 Å². The number of thiazole rings is 1. The highest BCUT2D eigenvalue weighted by atomic mass is 32.2. The molecule has 0 N–H and O–H groups in total. The van der Waals surface area contributed by atoms with Gasteiger partial charge in [-0.1, -0.05) is 36.5 Å². The van der Waals surface area contributed by atoms with E-state index in [0.29, 0.717) is 23.8 Å². The lowest BCUT2D eigenvalue weighted by Gasteiger charge is -2.22. The molecule has 1 amide bonds. The van der Waals surface area contributed by atoms with Gasteiger partial charge in [0.2, 0.25) is 0 Å². The van der Waals surface area contributed by atoms with Gasteiger partial charge >= 0.3 is 0 Å². The number of carbonyl (C=O) groups is 1. The van der Waals surface area contributed by atoms with E-state index in [1.165, 1.54) is 23.5 Å². The summed E-state index contributed by atoms with van der Waals surface area (Å²) < 4.78 is 24.9. The van der Waals surface area contributed by atoms with Crippen molar-refractivity contribution in [3.8, 4) is 0 Å². The first-order chi connectivity index (χ1) is 13.7. The third kappa shape index (κ3) is 4.83. The molecule has 3 rings (SSSR count). The third-order valence-electron chi connectivity index (χ3n) is 4.63. The van der Waals surface area contributed by atoms with E-state index >= 15 is 0 Å². The normalized spacial score (nSPS) is 11.9. The van der Waals surface area contributed by atoms with Gasteiger partial charge < -0.3 is 4.90 Å². The molecule has 154 valence electrons. The Balaban J connectivity index is 2.05. The number of anilines is 1. The average Bonchev–Trinajstić information content (AvgIpc) is 3.11. The average molecular weight is 432 g/mol. The van der Waals surface area contributed by atoms with Crippen LogP contribution in [-0.2, 0) is 16.3 Å². The molecule has 3 aromatic rings. The minimum absolute atomic E-state index is 0.133. The maximum Gasteiger partial charge on any atom is 0.260 e. The van der Waals surface area contributed by atoms with Gasteiger partial charge in [0.1, 0.15) is 0 Å². The van der Waals surface area contributed by atoms with Crippen molar-refractivity contribution < 1.29 is 13.2 Å². The van der Waals surface area contributed by atoms with E-state index in [1.54, 1.807) is 17.0 Å². The number of carbonyl (C=O) groups excluding carboxylic acids is 1. The summed E-state index contributed by atoms with van der Waals surface area (Å²) in [7, 11) is 0.493. The predicted octanol–water partition coefficient (Wildman–Crippen LogP) is 3.47. The van der Waals surface area contributed by atoms with E-state index in [9.17, 15) is 13.2 Å². The Morgan fingerprint density at radius 3 is 2.48 bits per heavy atom. The molecular weight excluding hydrogens is 406 g/mol. The molecule has 8 heteroatoms. The molecule has 0 aliphatic heterocycles. The van der Waals surface area contributed by atoms with Gasteiger partial charge in [0.15, 0.2) is 15.0 Å². The summed E-state index contributed by atoms with van der Waals surface area (Å²) in [4.78, 5) is 21.9. The van der Waals surface area contributed by atoms with Gasteiger partial charge in [-0.3, -0.25) is 9.69 Å². The first-order valence-corrected chi connectivity index (χ1v) is 12.1. The molecule has 0 fully saturated rings. The molecule has 0 atom stereocenters. The van der Waals surface area contributed by atoms with Crippen LogP contribution in [0.25, 0.3) is 10.2 Å². The highest BCUT2D eigenvalue weighted by Gasteiger charge is 2.23. The van der Waals surface area contributed by atoms with Gasteiger partial charge in [-0.05, 0) is 50.3 Å². The summed E-state index contributed by atoms with van der Waals surface area (Å²) in [5.41, 5.74) is 2.40. The van der Waals surface area contributed by atoms with Crippen LogP contribution in [0.15, 0.2) is 47.4 Å². The van der Waals surface area contributed by atoms with Crippen molar-refractivity contribution in [1.82, 2.24) is 9.88 Å². The smallest absolute Gasteiger partial charge is 0.260 e. The fourth-order valence-corrected chi connectivity index (χ4v) is 4.70. The van der Waals surface area contributed by atoms with Crippen LogP contribution >= 0.6 is 11.3 Å². The molecule has 0 bridgehead atoms. The number of para-hydroxylation sites is 1. The van der Waals surface area contributed by atoms with Crippen molar-refractivity contribution in [3.05, 3.63) is 53.6 Å². The molecule has 0 saturated heterocycles. The van der Waals surface area contributed by atoms with Gasteiger partial charge in [0.25, 0.3) is 5.91 Å². The van der Waals surface area contributed by atoms with Gasteiger partial charge in [0, 0.05) is 24.9 Å². The second kappa shape index (κ2) is 8.61. The van der Waals surface area contributed by atoms with E-state index in [0.717, 1.165) is 28.5 Å². The fourth-order valence-electron chi connectivity index (χ4n) is 2.99. The predicted molar refractivity (Wildman–Crippen MR) is 119 cm³/mol. The first kappa shape index (κ1) is 21.4. The van der Waals surface area contributed by atoms with Crippen molar-refractivity contribution in [2.45, 2.75) is 18.2 Å². The molecule has 0 spiro atoms. The Hall–Kier alpha value is -2.29. The lowest BCUT2D eigenvalue weighted by molar-refractivity contribution is 0.0985. The zero-order valence-corrected chi connectivity index (χ0v) is 18.7. The number of amides is 1. The molecule has 0 radical (unpaired) electrons. The van der Waals surface area contributed by atoms with Crippen LogP contribution in [0.5, 0.6) is 0 Å². The van der Waals surface area contributed by atoms with Crippen LogP contribution in [0.4, 0.5) is 5.13 Å². The van der Waals surface area contributed by atoms with Crippen LogP contribution < -0.4 is 4.90 Å². The fraction of sp³-hybridized carbons (Fsp3) is 0.333. The Kier molecular flexibility index (Phi) is 6.36. The largest absolute Gasteiger partial charge is 0.308 e. The first-order valence-electron chi connectivity index (χ1n) is 9.36. The van der Waals surface area contributed by atoms with E-state index < -0.39 is 9.84 Å². The SMILES string of the molecule is CCc1cccc2sc(N(CCN(C)C)C(=O)c3cccc(S(C)(=O)=O)c3)nc12. The van der Waals surface area contributed by atoms with E-state index in [-0.39, 0.29) is 10.8 Å². The van der Waals surface area contributed by atoms with Gasteiger partial charge in [-0.25, -0.2) is 13.4 Å². The van der Waals surface area contributed by atoms with Crippen molar-refractivity contribution in [2.75, 3.05) is 38.3 Å². The zero-order chi connectivity index (χ0) is 21.2. The van der Waals surface area contributed by atoms with E-state index in [4.69, 9.17) is 4.98 Å². The zero-order valence-electron chi connectivity index (χ0n) is 17.0. The van der Waals surface area contributed by atoms with Crippen molar-refractivity contribution in [1.29, 1.82) is 0 Å². The summed E-state index contributed by atoms with van der Waals surface area (Å²) >= 11 is 1.48. The van der Waals surface area contributed by atoms with Gasteiger partial charge in [-0.2, -0.15) is 0 Å². The Morgan fingerprint density at radius 1 is 1.10 bits per heavy atom. The number of fused-ring (bicyclic) bond motifs is 1. The van der Waals surface area contributed by atoms with Crippen LogP contribution in [0.2, 0.25) is 0 Å². The molecule has 0 aliphatic carbocycles. The number of benzene rings is 2. The van der Waals surface area contributed by atoms with Crippen molar-refractivity contribution in [3.63, 3.8) is 0 Å². The topological polar surface area (TPSA) is 70.6 Å². The monoisotopic (exact) mass is 431 g/mol. The second-order valence-corrected chi connectivity index (χ2v) is 10.2. The van der Waals surface area contributed by atoms with Gasteiger partial charge in [0.05, 0.1) is 15.1 Å². The maximum atomic E-state index is 13.3. The molecule has 2 aromatic carbocycles. The quantitative estimate of drug-likeness (QED) is 0.573. The van der Waals surface area contributed by atoms with Crippen LogP contribution in [-0.4, -0.2) is 57.6 Å². The second-order valence-electron chi connectivity index (χ2n) is 7.17. The lowest BCUT2D eigenvalue weighted by atomic mass is 10.1. The van der Waals surface area contributed by atoms with Crippen LogP contribution in [0, 0.1) is 0 Å². The Morgan fingerprint density at radius 2 is 1.83 bits per heavy atom. The molecule has 1 aromatic heterocycles. The number of rotatable bonds is 7. The summed E-state index contributed by atoms with van der Waals surface area (Å²) in [5, 5.41) is 0.623. The van der Waals surface area contributed by atoms with E-state index in [2.05, 4.69) is 6.92 Å². The Labute approximate surface area is 175 Å². The number of nitrogens with zero attached hydrogens (tertiary/aromatic N) is 3. The number of sulfone groups is 1. The number of aryl methyl sites for hydroxylation is 1. The van der Waals surface area contributed by atoms with Crippen LogP contribution in [0.1, 0.15) is 22.8 Å². The molecular formula is C21H25N3O3S2. The minimum Gasteiger partial charge on any atom is -0.308 e. The summed E-state index contributed by atoms with van der Waals surface area (Å²) in [5.74, 6) is -0.255. The molecule has 6 nitrogen and oxygen atoms in total. The number of hydrogen-bond acceptors (Lipinski definition) is 6. The number of likely N-dealkylation sites (N-methyl/N-ethyl adjacent to an activating group) is 1. The van der Waals surface area contributed by atoms with Crippen molar-refractivity contribution >= 4 is 42.4 Å². The summed E-state index contributed by atoms with van der Waals surface area (Å²) in [6.45, 7) is 3.20. The summed E-state index contributed by atoms with van der Waals surface area (Å²) in [6, 6.07) is 12.2. The third-order valence-corrected chi connectivity index (χ3v) is 6.78.